The van der Waals surface area contributed by atoms with E-state index < -0.39 is 5.97 Å². The van der Waals surface area contributed by atoms with Crippen LogP contribution in [-0.2, 0) is 11.2 Å². The van der Waals surface area contributed by atoms with E-state index in [1.54, 1.807) is 6.07 Å². The topological polar surface area (TPSA) is 40.5 Å². The van der Waals surface area contributed by atoms with Crippen molar-refractivity contribution >= 4 is 5.97 Å². The molecule has 0 radical (unpaired) electrons. The average molecular weight is 223 g/mol. The normalized spacial score (nSPS) is 20.5. The first kappa shape index (κ1) is 11.1. The lowest BCUT2D eigenvalue weighted by Gasteiger charge is -2.33. The number of fused-ring (bicyclic) bond motifs is 1. The second-order valence-corrected chi connectivity index (χ2v) is 4.19. The van der Waals surface area contributed by atoms with E-state index in [0.717, 1.165) is 24.1 Å². The maximum absolute atomic E-state index is 13.1. The average Bonchev–Trinajstić information content (AvgIpc) is 2.22. The summed E-state index contributed by atoms with van der Waals surface area (Å²) in [5.41, 5.74) is 1.88. The molecule has 0 aromatic heterocycles. The van der Waals surface area contributed by atoms with Gasteiger partial charge in [0.15, 0.2) is 0 Å². The Kier molecular flexibility index (Phi) is 2.92. The minimum atomic E-state index is -0.825. The molecule has 1 aliphatic rings. The fraction of sp³-hybridized carbons (Fsp3) is 0.417. The number of likely N-dealkylation sites (N-methyl/N-ethyl adjacent to an activating group) is 1. The van der Waals surface area contributed by atoms with Gasteiger partial charge in [-0.15, -0.1) is 0 Å². The van der Waals surface area contributed by atoms with Crippen molar-refractivity contribution in [3.8, 4) is 0 Å². The third-order valence-corrected chi connectivity index (χ3v) is 3.10. The molecule has 86 valence electrons. The third kappa shape index (κ3) is 2.07. The van der Waals surface area contributed by atoms with Crippen LogP contribution in [0.3, 0.4) is 0 Å². The molecule has 0 amide bonds. The van der Waals surface area contributed by atoms with E-state index in [9.17, 15) is 9.18 Å². The van der Waals surface area contributed by atoms with Crippen LogP contribution in [-0.4, -0.2) is 29.6 Å². The number of hydrogen-bond acceptors (Lipinski definition) is 2. The van der Waals surface area contributed by atoms with Gasteiger partial charge < -0.3 is 5.11 Å². The van der Waals surface area contributed by atoms with Gasteiger partial charge in [0.25, 0.3) is 0 Å². The molecule has 1 heterocycles. The van der Waals surface area contributed by atoms with E-state index in [2.05, 4.69) is 0 Å². The summed E-state index contributed by atoms with van der Waals surface area (Å²) in [6, 6.07) is 4.47. The highest BCUT2D eigenvalue weighted by Crippen LogP contribution is 2.31. The van der Waals surface area contributed by atoms with Crippen LogP contribution in [0, 0.1) is 5.82 Å². The fourth-order valence-electron chi connectivity index (χ4n) is 2.24. The Balaban J connectivity index is 2.36. The van der Waals surface area contributed by atoms with Gasteiger partial charge in [-0.3, -0.25) is 9.69 Å². The molecule has 0 saturated heterocycles. The third-order valence-electron chi connectivity index (χ3n) is 3.10. The largest absolute Gasteiger partial charge is 0.481 e. The van der Waals surface area contributed by atoms with Gasteiger partial charge in [0.05, 0.1) is 6.42 Å². The molecule has 2 rings (SSSR count). The highest BCUT2D eigenvalue weighted by Gasteiger charge is 2.26. The smallest absolute Gasteiger partial charge is 0.305 e. The van der Waals surface area contributed by atoms with Crippen molar-refractivity contribution in [1.29, 1.82) is 0 Å². The number of rotatable bonds is 2. The lowest BCUT2D eigenvalue weighted by Crippen LogP contribution is -2.33. The zero-order valence-electron chi connectivity index (χ0n) is 9.11. The molecule has 0 spiro atoms. The molecule has 0 bridgehead atoms. The van der Waals surface area contributed by atoms with E-state index in [1.165, 1.54) is 12.1 Å². The van der Waals surface area contributed by atoms with E-state index in [0.29, 0.717) is 0 Å². The first-order valence-electron chi connectivity index (χ1n) is 5.28. The van der Waals surface area contributed by atoms with Gasteiger partial charge >= 0.3 is 5.97 Å². The Morgan fingerprint density at radius 2 is 2.38 bits per heavy atom. The lowest BCUT2D eigenvalue weighted by molar-refractivity contribution is -0.138. The van der Waals surface area contributed by atoms with Gasteiger partial charge in [0.2, 0.25) is 0 Å². The number of hydrogen-bond donors (Lipinski definition) is 1. The number of halogens is 1. The number of nitrogens with zero attached hydrogens (tertiary/aromatic N) is 1. The molecule has 0 aliphatic carbocycles. The zero-order chi connectivity index (χ0) is 11.7. The van der Waals surface area contributed by atoms with Crippen LogP contribution in [0.5, 0.6) is 0 Å². The monoisotopic (exact) mass is 223 g/mol. The van der Waals surface area contributed by atoms with Crippen molar-refractivity contribution in [3.63, 3.8) is 0 Å². The highest BCUT2D eigenvalue weighted by atomic mass is 19.1. The Morgan fingerprint density at radius 1 is 1.62 bits per heavy atom. The summed E-state index contributed by atoms with van der Waals surface area (Å²) in [4.78, 5) is 12.8. The van der Waals surface area contributed by atoms with Gasteiger partial charge in [-0.05, 0) is 36.7 Å². The molecule has 1 unspecified atom stereocenters. The quantitative estimate of drug-likeness (QED) is 0.831. The van der Waals surface area contributed by atoms with Crippen molar-refractivity contribution in [2.24, 2.45) is 0 Å². The van der Waals surface area contributed by atoms with Crippen molar-refractivity contribution < 1.29 is 14.3 Å². The fourth-order valence-corrected chi connectivity index (χ4v) is 2.24. The van der Waals surface area contributed by atoms with Crippen LogP contribution in [0.2, 0.25) is 0 Å². The summed E-state index contributed by atoms with van der Waals surface area (Å²) in [5.74, 6) is -1.08. The maximum Gasteiger partial charge on any atom is 0.305 e. The van der Waals surface area contributed by atoms with Crippen LogP contribution in [0.4, 0.5) is 4.39 Å². The van der Waals surface area contributed by atoms with Crippen LogP contribution >= 0.6 is 0 Å². The van der Waals surface area contributed by atoms with Gasteiger partial charge in [-0.2, -0.15) is 0 Å². The molecule has 3 nitrogen and oxygen atoms in total. The molecule has 0 fully saturated rings. The summed E-state index contributed by atoms with van der Waals surface area (Å²) in [7, 11) is 1.90. The van der Waals surface area contributed by atoms with E-state index >= 15 is 0 Å². The molecule has 1 N–H and O–H groups in total. The molecule has 16 heavy (non-hydrogen) atoms. The van der Waals surface area contributed by atoms with Crippen LogP contribution in [0.25, 0.3) is 0 Å². The molecular formula is C12H14FNO2. The van der Waals surface area contributed by atoms with Crippen LogP contribution in [0.1, 0.15) is 23.6 Å². The SMILES string of the molecule is CN1CCc2cc(F)ccc2C1CC(=O)O. The summed E-state index contributed by atoms with van der Waals surface area (Å²) in [6.07, 6.45) is 0.842. The standard InChI is InChI=1S/C12H14FNO2/c1-14-5-4-8-6-9(13)2-3-10(8)11(14)7-12(15)16/h2-3,6,11H,4-5,7H2,1H3,(H,15,16). The zero-order valence-corrected chi connectivity index (χ0v) is 9.11. The summed E-state index contributed by atoms with van der Waals surface area (Å²) in [6.45, 7) is 0.772. The summed E-state index contributed by atoms with van der Waals surface area (Å²) in [5, 5.41) is 8.86. The number of carbonyl (C=O) groups is 1. The van der Waals surface area contributed by atoms with Gasteiger partial charge in [-0.25, -0.2) is 4.39 Å². The molecule has 1 atom stereocenters. The number of aliphatic carboxylic acids is 1. The van der Waals surface area contributed by atoms with Crippen LogP contribution in [0.15, 0.2) is 18.2 Å². The second kappa shape index (κ2) is 4.22. The Bertz CT molecular complexity index is 419. The molecule has 1 aromatic carbocycles. The molecule has 0 saturated carbocycles. The minimum absolute atomic E-state index is 0.0646. The lowest BCUT2D eigenvalue weighted by atomic mass is 9.91. The van der Waals surface area contributed by atoms with E-state index in [4.69, 9.17) is 5.11 Å². The molecular weight excluding hydrogens is 209 g/mol. The van der Waals surface area contributed by atoms with Crippen LogP contribution < -0.4 is 0 Å². The van der Waals surface area contributed by atoms with E-state index in [-0.39, 0.29) is 18.3 Å². The predicted octanol–water partition coefficient (Wildman–Crippen LogP) is 1.83. The van der Waals surface area contributed by atoms with Crippen molar-refractivity contribution in [2.75, 3.05) is 13.6 Å². The summed E-state index contributed by atoms with van der Waals surface area (Å²) < 4.78 is 13.1. The Morgan fingerprint density at radius 3 is 3.06 bits per heavy atom. The minimum Gasteiger partial charge on any atom is -0.481 e. The van der Waals surface area contributed by atoms with Crippen molar-refractivity contribution in [3.05, 3.63) is 35.1 Å². The molecule has 1 aromatic rings. The van der Waals surface area contributed by atoms with Gasteiger partial charge in [0.1, 0.15) is 5.82 Å². The number of carboxylic acid groups (broad SMARTS) is 1. The summed E-state index contributed by atoms with van der Waals surface area (Å²) >= 11 is 0. The second-order valence-electron chi connectivity index (χ2n) is 4.19. The first-order chi connectivity index (χ1) is 7.58. The van der Waals surface area contributed by atoms with E-state index in [1.807, 2.05) is 11.9 Å². The maximum atomic E-state index is 13.1. The number of benzene rings is 1. The molecule has 4 heteroatoms. The Labute approximate surface area is 93.5 Å². The first-order valence-corrected chi connectivity index (χ1v) is 5.28. The predicted molar refractivity (Wildman–Crippen MR) is 57.7 cm³/mol. The molecule has 1 aliphatic heterocycles. The number of carboxylic acids is 1. The van der Waals surface area contributed by atoms with Gasteiger partial charge in [-0.1, -0.05) is 6.07 Å². The van der Waals surface area contributed by atoms with Crippen molar-refractivity contribution in [1.82, 2.24) is 4.90 Å². The Hall–Kier alpha value is -1.42. The van der Waals surface area contributed by atoms with Crippen molar-refractivity contribution in [2.45, 2.75) is 18.9 Å². The van der Waals surface area contributed by atoms with Gasteiger partial charge in [0, 0.05) is 12.6 Å². The highest BCUT2D eigenvalue weighted by molar-refractivity contribution is 5.68.